The minimum Gasteiger partial charge on any atom is -0.466 e. The molecular weight excluding hydrogens is 284 g/mol. The van der Waals surface area contributed by atoms with Gasteiger partial charge in [-0.25, -0.2) is 0 Å². The van der Waals surface area contributed by atoms with Crippen molar-refractivity contribution in [3.63, 3.8) is 0 Å². The topological polar surface area (TPSA) is 102 Å². The molecule has 1 aliphatic heterocycles. The van der Waals surface area contributed by atoms with Gasteiger partial charge in [0.15, 0.2) is 0 Å². The lowest BCUT2D eigenvalue weighted by atomic mass is 10.2. The third-order valence-corrected chi connectivity index (χ3v) is 3.01. The van der Waals surface area contributed by atoms with Gasteiger partial charge in [-0.15, -0.1) is 0 Å². The Morgan fingerprint density at radius 2 is 1.95 bits per heavy atom. The van der Waals surface area contributed by atoms with E-state index in [4.69, 9.17) is 10.8 Å². The highest BCUT2D eigenvalue weighted by Gasteiger charge is 2.08. The van der Waals surface area contributed by atoms with E-state index < -0.39 is 0 Å². The zero-order chi connectivity index (χ0) is 17.4. The van der Waals surface area contributed by atoms with Crippen molar-refractivity contribution in [3.8, 4) is 0 Å². The van der Waals surface area contributed by atoms with Crippen molar-refractivity contribution in [1.82, 2.24) is 5.32 Å². The summed E-state index contributed by atoms with van der Waals surface area (Å²) in [6.07, 6.45) is 4.56. The maximum Gasteiger partial charge on any atom is 0.305 e. The Bertz CT molecular complexity index is 275. The number of aliphatic hydroxyl groups excluding tert-OH is 1. The van der Waals surface area contributed by atoms with Crippen molar-refractivity contribution in [2.45, 2.75) is 78.3 Å². The minimum absolute atomic E-state index is 0.0356. The van der Waals surface area contributed by atoms with E-state index in [1.807, 2.05) is 20.8 Å². The maximum absolute atomic E-state index is 10.9. The van der Waals surface area contributed by atoms with Crippen LogP contribution in [-0.4, -0.2) is 42.3 Å². The Morgan fingerprint density at radius 1 is 1.36 bits per heavy atom. The van der Waals surface area contributed by atoms with Crippen LogP contribution in [0.1, 0.15) is 66.2 Å². The number of esters is 1. The lowest BCUT2D eigenvalue weighted by Gasteiger charge is -2.10. The predicted octanol–water partition coefficient (Wildman–Crippen LogP) is 1.74. The van der Waals surface area contributed by atoms with Gasteiger partial charge in [-0.1, -0.05) is 13.8 Å². The number of aliphatic hydroxyl groups is 1. The zero-order valence-electron chi connectivity index (χ0n) is 14.6. The van der Waals surface area contributed by atoms with Crippen molar-refractivity contribution < 1.29 is 19.4 Å². The number of carbonyl (C=O) groups is 2. The monoisotopic (exact) mass is 318 g/mol. The molecule has 1 heterocycles. The number of nitrogens with two attached hydrogens (primary N) is 1. The fourth-order valence-electron chi connectivity index (χ4n) is 1.16. The molecule has 0 spiro atoms. The van der Waals surface area contributed by atoms with Crippen LogP contribution in [-0.2, 0) is 14.3 Å². The Morgan fingerprint density at radius 3 is 2.23 bits per heavy atom. The number of amides is 1. The molecule has 6 heteroatoms. The van der Waals surface area contributed by atoms with Crippen LogP contribution in [0.15, 0.2) is 0 Å². The Hall–Kier alpha value is -1.14. The molecule has 6 nitrogen and oxygen atoms in total. The number of ether oxygens (including phenoxy) is 1. The zero-order valence-corrected chi connectivity index (χ0v) is 14.6. The van der Waals surface area contributed by atoms with E-state index in [9.17, 15) is 9.59 Å². The second kappa shape index (κ2) is 16.2. The van der Waals surface area contributed by atoms with E-state index in [2.05, 4.69) is 17.0 Å². The molecule has 0 aromatic carbocycles. The fraction of sp³-hybridized carbons (Fsp3) is 0.875. The minimum atomic E-state index is -0.0463. The molecule has 1 fully saturated rings. The summed E-state index contributed by atoms with van der Waals surface area (Å²) >= 11 is 0. The van der Waals surface area contributed by atoms with Crippen molar-refractivity contribution in [2.24, 2.45) is 5.73 Å². The van der Waals surface area contributed by atoms with Gasteiger partial charge in [0.25, 0.3) is 0 Å². The molecule has 0 aromatic heterocycles. The van der Waals surface area contributed by atoms with Gasteiger partial charge in [-0.3, -0.25) is 9.59 Å². The van der Waals surface area contributed by atoms with Gasteiger partial charge in [0.2, 0.25) is 5.91 Å². The van der Waals surface area contributed by atoms with Crippen molar-refractivity contribution >= 4 is 11.9 Å². The molecule has 1 saturated heterocycles. The van der Waals surface area contributed by atoms with Gasteiger partial charge < -0.3 is 20.9 Å². The smallest absolute Gasteiger partial charge is 0.305 e. The molecular formula is C16H34N2O4. The fourth-order valence-corrected chi connectivity index (χ4v) is 1.16. The summed E-state index contributed by atoms with van der Waals surface area (Å²) in [4.78, 5) is 21.0. The van der Waals surface area contributed by atoms with Crippen molar-refractivity contribution in [1.29, 1.82) is 0 Å². The first kappa shape index (κ1) is 23.1. The highest BCUT2D eigenvalue weighted by molar-refractivity contribution is 5.76. The first-order chi connectivity index (χ1) is 10.4. The van der Waals surface area contributed by atoms with E-state index >= 15 is 0 Å². The Kier molecular flexibility index (Phi) is 17.1. The highest BCUT2D eigenvalue weighted by atomic mass is 16.5. The van der Waals surface area contributed by atoms with Gasteiger partial charge in [-0.05, 0) is 39.5 Å². The molecule has 2 unspecified atom stereocenters. The summed E-state index contributed by atoms with van der Waals surface area (Å²) in [7, 11) is 0. The van der Waals surface area contributed by atoms with Crippen LogP contribution >= 0.6 is 0 Å². The molecule has 0 bridgehead atoms. The molecule has 4 N–H and O–H groups in total. The van der Waals surface area contributed by atoms with Crippen LogP contribution in [0.4, 0.5) is 0 Å². The van der Waals surface area contributed by atoms with Crippen molar-refractivity contribution in [3.05, 3.63) is 0 Å². The lowest BCUT2D eigenvalue weighted by Crippen LogP contribution is -2.31. The average molecular weight is 318 g/mol. The molecule has 0 aromatic rings. The highest BCUT2D eigenvalue weighted by Crippen LogP contribution is 2.01. The molecule has 132 valence electrons. The average Bonchev–Trinajstić information content (AvgIpc) is 2.97. The molecule has 0 saturated carbocycles. The molecule has 22 heavy (non-hydrogen) atoms. The maximum atomic E-state index is 10.9. The van der Waals surface area contributed by atoms with Crippen molar-refractivity contribution in [2.75, 3.05) is 13.2 Å². The number of hydrogen-bond donors (Lipinski definition) is 3. The van der Waals surface area contributed by atoms with E-state index in [0.29, 0.717) is 31.9 Å². The summed E-state index contributed by atoms with van der Waals surface area (Å²) < 4.78 is 4.51. The van der Waals surface area contributed by atoms with Gasteiger partial charge in [0, 0.05) is 31.5 Å². The van der Waals surface area contributed by atoms with E-state index in [1.165, 1.54) is 0 Å². The standard InChI is InChI=1S/C8H17NO2.C4H11N.C4H6O2/c1-3-7(2)9-8(11)5-4-6-10;1-3-4(2)5;5-4-2-1-3-6-4/h7,10H,3-6H2,1-2H3,(H,9,11);4H,3,5H2,1-2H3;1-3H2. The van der Waals surface area contributed by atoms with Crippen LogP contribution in [0.5, 0.6) is 0 Å². The summed E-state index contributed by atoms with van der Waals surface area (Å²) in [6.45, 7) is 8.80. The molecule has 1 amide bonds. The number of rotatable bonds is 6. The molecule has 0 aliphatic carbocycles. The SMILES string of the molecule is CCC(C)N.CCC(C)NC(=O)CCCO.O=C1CCCO1. The summed E-state index contributed by atoms with van der Waals surface area (Å²) in [5.41, 5.74) is 5.29. The molecule has 2 atom stereocenters. The first-order valence-corrected chi connectivity index (χ1v) is 8.18. The molecule has 0 radical (unpaired) electrons. The van der Waals surface area contributed by atoms with Crippen LogP contribution in [0.3, 0.4) is 0 Å². The third-order valence-electron chi connectivity index (χ3n) is 3.01. The normalized spacial score (nSPS) is 15.5. The number of cyclic esters (lactones) is 1. The second-order valence-corrected chi connectivity index (χ2v) is 5.41. The number of hydrogen-bond acceptors (Lipinski definition) is 5. The first-order valence-electron chi connectivity index (χ1n) is 8.18. The third kappa shape index (κ3) is 18.9. The largest absolute Gasteiger partial charge is 0.466 e. The predicted molar refractivity (Wildman–Crippen MR) is 88.3 cm³/mol. The summed E-state index contributed by atoms with van der Waals surface area (Å²) in [5.74, 6) is -0.0107. The Labute approximate surface area is 134 Å². The van der Waals surface area contributed by atoms with Crippen LogP contribution in [0.2, 0.25) is 0 Å². The number of carbonyl (C=O) groups excluding carboxylic acids is 2. The van der Waals surface area contributed by atoms with Crippen LogP contribution in [0.25, 0.3) is 0 Å². The van der Waals surface area contributed by atoms with E-state index in [1.54, 1.807) is 0 Å². The van der Waals surface area contributed by atoms with Crippen LogP contribution in [0, 0.1) is 0 Å². The molecule has 1 aliphatic rings. The lowest BCUT2D eigenvalue weighted by molar-refractivity contribution is -0.138. The quantitative estimate of drug-likeness (QED) is 0.648. The molecule has 1 rings (SSSR count). The van der Waals surface area contributed by atoms with Crippen LogP contribution < -0.4 is 11.1 Å². The second-order valence-electron chi connectivity index (χ2n) is 5.41. The van der Waals surface area contributed by atoms with E-state index in [0.717, 1.165) is 19.3 Å². The number of nitrogens with one attached hydrogen (secondary N) is 1. The summed E-state index contributed by atoms with van der Waals surface area (Å²) in [5, 5.41) is 11.2. The van der Waals surface area contributed by atoms with Gasteiger partial charge >= 0.3 is 5.97 Å². The summed E-state index contributed by atoms with van der Waals surface area (Å²) in [6, 6.07) is 0.635. The van der Waals surface area contributed by atoms with E-state index in [-0.39, 0.29) is 24.5 Å². The Balaban J connectivity index is 0. The van der Waals surface area contributed by atoms with Gasteiger partial charge in [-0.2, -0.15) is 0 Å². The van der Waals surface area contributed by atoms with Gasteiger partial charge in [0.05, 0.1) is 6.61 Å². The van der Waals surface area contributed by atoms with Gasteiger partial charge in [0.1, 0.15) is 0 Å².